The van der Waals surface area contributed by atoms with Crippen LogP contribution in [0.2, 0.25) is 0 Å². The van der Waals surface area contributed by atoms with Gasteiger partial charge in [0, 0.05) is 6.04 Å². The fourth-order valence-corrected chi connectivity index (χ4v) is 2.18. The van der Waals surface area contributed by atoms with Crippen molar-refractivity contribution in [3.8, 4) is 5.75 Å². The zero-order valence-electron chi connectivity index (χ0n) is 12.7. The lowest BCUT2D eigenvalue weighted by Crippen LogP contribution is -2.43. The number of methoxy groups -OCH3 is 1. The summed E-state index contributed by atoms with van der Waals surface area (Å²) in [7, 11) is 1.41. The first-order valence-corrected chi connectivity index (χ1v) is 7.05. The smallest absolute Gasteiger partial charge is 0.326 e. The van der Waals surface area contributed by atoms with Gasteiger partial charge in [-0.3, -0.25) is 10.1 Å². The summed E-state index contributed by atoms with van der Waals surface area (Å²) in [6.07, 6.45) is 2.24. The minimum Gasteiger partial charge on any atom is -0.491 e. The molecule has 4 heteroatoms. The second kappa shape index (κ2) is 6.27. The van der Waals surface area contributed by atoms with Crippen LogP contribution in [-0.4, -0.2) is 31.8 Å². The maximum atomic E-state index is 11.8. The van der Waals surface area contributed by atoms with Crippen molar-refractivity contribution < 1.29 is 14.3 Å². The topological polar surface area (TPSA) is 47.6 Å². The van der Waals surface area contributed by atoms with Gasteiger partial charge in [-0.05, 0) is 56.4 Å². The Morgan fingerprint density at radius 3 is 2.65 bits per heavy atom. The number of rotatable bonds is 6. The first-order valence-electron chi connectivity index (χ1n) is 7.05. The molecule has 1 atom stereocenters. The number of hydrogen-bond donors (Lipinski definition) is 1. The maximum absolute atomic E-state index is 11.8. The third-order valence-electron chi connectivity index (χ3n) is 3.67. The van der Waals surface area contributed by atoms with Crippen LogP contribution in [0.3, 0.4) is 0 Å². The molecule has 1 aliphatic rings. The fraction of sp³-hybridized carbons (Fsp3) is 0.562. The molecule has 0 bridgehead atoms. The van der Waals surface area contributed by atoms with Crippen molar-refractivity contribution in [1.29, 1.82) is 0 Å². The lowest BCUT2D eigenvalue weighted by molar-refractivity contribution is -0.144. The number of benzene rings is 1. The molecular weight excluding hydrogens is 254 g/mol. The molecule has 1 unspecified atom stereocenters. The number of carbonyl (C=O) groups excluding carboxylic acids is 1. The van der Waals surface area contributed by atoms with Gasteiger partial charge in [-0.2, -0.15) is 0 Å². The minimum atomic E-state index is -0.396. The number of esters is 1. The van der Waals surface area contributed by atoms with Gasteiger partial charge in [0.25, 0.3) is 0 Å². The molecule has 0 spiro atoms. The zero-order chi connectivity index (χ0) is 14.7. The number of ether oxygens (including phenoxy) is 2. The molecule has 110 valence electrons. The van der Waals surface area contributed by atoms with Gasteiger partial charge in [0.1, 0.15) is 18.4 Å². The van der Waals surface area contributed by atoms with Crippen LogP contribution >= 0.6 is 0 Å². The normalized spacial score (nSPS) is 15.8. The van der Waals surface area contributed by atoms with E-state index in [4.69, 9.17) is 9.47 Å². The van der Waals surface area contributed by atoms with Crippen molar-refractivity contribution in [2.45, 2.75) is 45.7 Å². The molecule has 2 rings (SSSR count). The standard InChI is InChI=1S/C16H23NO3/c1-10-7-11(2)12(3)15(8-10)20-9-14(16(18)19-4)17-13-5-6-13/h7-8,13-14,17H,5-6,9H2,1-4H3. The summed E-state index contributed by atoms with van der Waals surface area (Å²) in [6.45, 7) is 6.44. The van der Waals surface area contributed by atoms with E-state index >= 15 is 0 Å². The van der Waals surface area contributed by atoms with Crippen LogP contribution in [0.4, 0.5) is 0 Å². The molecule has 1 fully saturated rings. The van der Waals surface area contributed by atoms with E-state index < -0.39 is 6.04 Å². The van der Waals surface area contributed by atoms with E-state index in [9.17, 15) is 4.79 Å². The lowest BCUT2D eigenvalue weighted by Gasteiger charge is -2.18. The Morgan fingerprint density at radius 2 is 2.05 bits per heavy atom. The van der Waals surface area contributed by atoms with E-state index in [1.807, 2.05) is 19.9 Å². The highest BCUT2D eigenvalue weighted by Crippen LogP contribution is 2.24. The first kappa shape index (κ1) is 14.9. The van der Waals surface area contributed by atoms with E-state index in [2.05, 4.69) is 18.3 Å². The number of hydrogen-bond acceptors (Lipinski definition) is 4. The highest BCUT2D eigenvalue weighted by molar-refractivity contribution is 5.76. The van der Waals surface area contributed by atoms with Gasteiger partial charge < -0.3 is 9.47 Å². The van der Waals surface area contributed by atoms with Crippen LogP contribution in [0.25, 0.3) is 0 Å². The van der Waals surface area contributed by atoms with Crippen LogP contribution in [0.5, 0.6) is 5.75 Å². The predicted octanol–water partition coefficient (Wildman–Crippen LogP) is 2.28. The van der Waals surface area contributed by atoms with Crippen LogP contribution in [0, 0.1) is 20.8 Å². The van der Waals surface area contributed by atoms with Crippen molar-refractivity contribution in [1.82, 2.24) is 5.32 Å². The maximum Gasteiger partial charge on any atom is 0.326 e. The van der Waals surface area contributed by atoms with E-state index in [-0.39, 0.29) is 5.97 Å². The van der Waals surface area contributed by atoms with Gasteiger partial charge in [-0.25, -0.2) is 0 Å². The SMILES string of the molecule is COC(=O)C(COc1cc(C)cc(C)c1C)NC1CC1. The molecule has 0 aromatic heterocycles. The molecule has 0 heterocycles. The average molecular weight is 277 g/mol. The Balaban J connectivity index is 2.02. The second-order valence-electron chi connectivity index (χ2n) is 5.53. The lowest BCUT2D eigenvalue weighted by atomic mass is 10.1. The van der Waals surface area contributed by atoms with Crippen molar-refractivity contribution >= 4 is 5.97 Å². The Hall–Kier alpha value is -1.55. The van der Waals surface area contributed by atoms with E-state index in [1.54, 1.807) is 0 Å². The van der Waals surface area contributed by atoms with Gasteiger partial charge in [0.05, 0.1) is 7.11 Å². The van der Waals surface area contributed by atoms with Crippen LogP contribution in [-0.2, 0) is 9.53 Å². The quantitative estimate of drug-likeness (QED) is 0.810. The molecule has 4 nitrogen and oxygen atoms in total. The monoisotopic (exact) mass is 277 g/mol. The minimum absolute atomic E-state index is 0.265. The van der Waals surface area contributed by atoms with Crippen molar-refractivity contribution in [2.24, 2.45) is 0 Å². The van der Waals surface area contributed by atoms with Crippen molar-refractivity contribution in [3.63, 3.8) is 0 Å². The van der Waals surface area contributed by atoms with E-state index in [1.165, 1.54) is 12.7 Å². The summed E-state index contributed by atoms with van der Waals surface area (Å²) in [4.78, 5) is 11.8. The average Bonchev–Trinajstić information content (AvgIpc) is 3.22. The van der Waals surface area contributed by atoms with Crippen LogP contribution in [0.15, 0.2) is 12.1 Å². The van der Waals surface area contributed by atoms with Gasteiger partial charge in [0.15, 0.2) is 0 Å². The summed E-state index contributed by atoms with van der Waals surface area (Å²) in [5.41, 5.74) is 3.48. The van der Waals surface area contributed by atoms with E-state index in [0.717, 1.165) is 29.7 Å². The Labute approximate surface area is 120 Å². The second-order valence-corrected chi connectivity index (χ2v) is 5.53. The predicted molar refractivity (Wildman–Crippen MR) is 78.1 cm³/mol. The number of carbonyl (C=O) groups is 1. The molecule has 1 aliphatic carbocycles. The molecule has 0 saturated heterocycles. The fourth-order valence-electron chi connectivity index (χ4n) is 2.18. The van der Waals surface area contributed by atoms with Crippen molar-refractivity contribution in [2.75, 3.05) is 13.7 Å². The highest BCUT2D eigenvalue weighted by Gasteiger charge is 2.29. The Bertz CT molecular complexity index is 495. The Morgan fingerprint density at radius 1 is 1.35 bits per heavy atom. The summed E-state index contributed by atoms with van der Waals surface area (Å²) < 4.78 is 10.7. The molecule has 1 aromatic rings. The molecular formula is C16H23NO3. The summed E-state index contributed by atoms with van der Waals surface area (Å²) in [5.74, 6) is 0.577. The van der Waals surface area contributed by atoms with Crippen molar-refractivity contribution in [3.05, 3.63) is 28.8 Å². The van der Waals surface area contributed by atoms with E-state index in [0.29, 0.717) is 12.6 Å². The molecule has 0 aliphatic heterocycles. The third-order valence-corrected chi connectivity index (χ3v) is 3.67. The summed E-state index contributed by atoms with van der Waals surface area (Å²) >= 11 is 0. The van der Waals surface area contributed by atoms with Gasteiger partial charge in [-0.1, -0.05) is 6.07 Å². The molecule has 1 saturated carbocycles. The number of nitrogens with one attached hydrogen (secondary N) is 1. The molecule has 1 N–H and O–H groups in total. The molecule has 1 aromatic carbocycles. The third kappa shape index (κ3) is 3.73. The Kier molecular flexibility index (Phi) is 4.65. The van der Waals surface area contributed by atoms with Gasteiger partial charge >= 0.3 is 5.97 Å². The van der Waals surface area contributed by atoms with Gasteiger partial charge in [0.2, 0.25) is 0 Å². The van der Waals surface area contributed by atoms with Crippen LogP contribution < -0.4 is 10.1 Å². The first-order chi connectivity index (χ1) is 9.51. The summed E-state index contributed by atoms with van der Waals surface area (Å²) in [5, 5.41) is 3.26. The molecule has 0 radical (unpaired) electrons. The highest BCUT2D eigenvalue weighted by atomic mass is 16.5. The largest absolute Gasteiger partial charge is 0.491 e. The van der Waals surface area contributed by atoms with Crippen LogP contribution in [0.1, 0.15) is 29.5 Å². The summed E-state index contributed by atoms with van der Waals surface area (Å²) in [6, 6.07) is 4.17. The number of aryl methyl sites for hydroxylation is 2. The zero-order valence-corrected chi connectivity index (χ0v) is 12.7. The van der Waals surface area contributed by atoms with Gasteiger partial charge in [-0.15, -0.1) is 0 Å². The molecule has 20 heavy (non-hydrogen) atoms. The molecule has 0 amide bonds.